The van der Waals surface area contributed by atoms with Crippen LogP contribution in [0.25, 0.3) is 0 Å². The van der Waals surface area contributed by atoms with Gasteiger partial charge in [-0.1, -0.05) is 0 Å². The van der Waals surface area contributed by atoms with E-state index in [1.165, 1.54) is 17.0 Å². The average molecular weight is 252 g/mol. The second-order valence-electron chi connectivity index (χ2n) is 4.91. The van der Waals surface area contributed by atoms with Gasteiger partial charge in [0.25, 0.3) is 5.91 Å². The summed E-state index contributed by atoms with van der Waals surface area (Å²) in [6, 6.07) is 4.38. The number of benzene rings is 1. The summed E-state index contributed by atoms with van der Waals surface area (Å²) in [4.78, 5) is 13.7. The number of hydrogen-bond donors (Lipinski definition) is 3. The molecule has 1 amide bonds. The lowest BCUT2D eigenvalue weighted by Gasteiger charge is -2.28. The van der Waals surface area contributed by atoms with Gasteiger partial charge in [-0.3, -0.25) is 4.79 Å². The third-order valence-electron chi connectivity index (χ3n) is 2.52. The Hall–Kier alpha value is -1.75. The molecule has 0 heterocycles. The quantitative estimate of drug-likeness (QED) is 0.555. The number of hydrogen-bond acceptors (Lipinski definition) is 4. The number of aliphatic hydroxyl groups is 1. The monoisotopic (exact) mass is 252 g/mol. The van der Waals surface area contributed by atoms with Crippen molar-refractivity contribution in [1.29, 1.82) is 0 Å². The number of aromatic hydroxyl groups is 1. The Kier molecular flexibility index (Phi) is 4.19. The number of phenolic OH excluding ortho intramolecular Hbond substituents is 1. The Morgan fingerprint density at radius 2 is 2.06 bits per heavy atom. The molecule has 1 rings (SSSR count). The highest BCUT2D eigenvalue weighted by atomic mass is 16.3. The fourth-order valence-corrected chi connectivity index (χ4v) is 1.65. The third-order valence-corrected chi connectivity index (χ3v) is 2.52. The van der Waals surface area contributed by atoms with E-state index in [4.69, 9.17) is 5.73 Å². The largest absolute Gasteiger partial charge is 0.506 e. The molecule has 0 atom stereocenters. The van der Waals surface area contributed by atoms with Crippen molar-refractivity contribution in [3.05, 3.63) is 23.8 Å². The highest BCUT2D eigenvalue weighted by Gasteiger charge is 2.22. The summed E-state index contributed by atoms with van der Waals surface area (Å²) in [5, 5.41) is 19.2. The minimum atomic E-state index is -0.957. The van der Waals surface area contributed by atoms with Crippen LogP contribution in [0.2, 0.25) is 0 Å². The predicted molar refractivity (Wildman–Crippen MR) is 70.4 cm³/mol. The molecule has 1 aromatic carbocycles. The van der Waals surface area contributed by atoms with Gasteiger partial charge in [0, 0.05) is 18.7 Å². The molecular formula is C13H20N2O3. The predicted octanol–water partition coefficient (Wildman–Crippen LogP) is 1.21. The highest BCUT2D eigenvalue weighted by molar-refractivity contribution is 5.95. The summed E-state index contributed by atoms with van der Waals surface area (Å²) in [6.07, 6.45) is 0. The van der Waals surface area contributed by atoms with E-state index in [2.05, 4.69) is 0 Å². The van der Waals surface area contributed by atoms with Crippen molar-refractivity contribution in [2.45, 2.75) is 26.4 Å². The van der Waals surface area contributed by atoms with E-state index in [0.29, 0.717) is 12.1 Å². The second-order valence-corrected chi connectivity index (χ2v) is 4.91. The summed E-state index contributed by atoms with van der Waals surface area (Å²) in [5.41, 5.74) is 5.12. The fourth-order valence-electron chi connectivity index (χ4n) is 1.65. The molecule has 4 N–H and O–H groups in total. The third kappa shape index (κ3) is 3.63. The molecule has 0 spiro atoms. The van der Waals surface area contributed by atoms with Gasteiger partial charge in [0.15, 0.2) is 0 Å². The summed E-state index contributed by atoms with van der Waals surface area (Å²) in [5.74, 6) is -0.352. The zero-order chi connectivity index (χ0) is 13.9. The van der Waals surface area contributed by atoms with Gasteiger partial charge >= 0.3 is 0 Å². The number of nitrogens with zero attached hydrogens (tertiary/aromatic N) is 1. The number of nitrogen functional groups attached to an aromatic ring is 1. The second kappa shape index (κ2) is 5.27. The molecule has 0 saturated carbocycles. The van der Waals surface area contributed by atoms with E-state index in [1.54, 1.807) is 19.9 Å². The number of rotatable bonds is 4. The maximum Gasteiger partial charge on any atom is 0.254 e. The molecule has 18 heavy (non-hydrogen) atoms. The van der Waals surface area contributed by atoms with Crippen molar-refractivity contribution < 1.29 is 15.0 Å². The first-order valence-electron chi connectivity index (χ1n) is 5.84. The Labute approximate surface area is 107 Å². The Balaban J connectivity index is 2.93. The molecule has 0 fully saturated rings. The molecular weight excluding hydrogens is 232 g/mol. The SMILES string of the molecule is CCN(CC(C)(C)O)C(=O)c1ccc(N)c(O)c1. The molecule has 0 aliphatic carbocycles. The van der Waals surface area contributed by atoms with Crippen LogP contribution in [-0.4, -0.2) is 39.7 Å². The first-order chi connectivity index (χ1) is 8.24. The molecule has 0 aromatic heterocycles. The standard InChI is InChI=1S/C13H20N2O3/c1-4-15(8-13(2,3)18)12(17)9-5-6-10(14)11(16)7-9/h5-7,16,18H,4,8,14H2,1-3H3. The fraction of sp³-hybridized carbons (Fsp3) is 0.462. The number of carbonyl (C=O) groups is 1. The molecule has 0 saturated heterocycles. The number of likely N-dealkylation sites (N-methyl/N-ethyl adjacent to an activating group) is 1. The summed E-state index contributed by atoms with van der Waals surface area (Å²) in [6.45, 7) is 5.83. The lowest BCUT2D eigenvalue weighted by atomic mass is 10.1. The van der Waals surface area contributed by atoms with Crippen LogP contribution in [0.3, 0.4) is 0 Å². The van der Waals surface area contributed by atoms with Gasteiger partial charge in [0.1, 0.15) is 5.75 Å². The van der Waals surface area contributed by atoms with Crippen LogP contribution in [0.5, 0.6) is 5.75 Å². The van der Waals surface area contributed by atoms with E-state index in [1.807, 2.05) is 6.92 Å². The number of amides is 1. The smallest absolute Gasteiger partial charge is 0.254 e. The number of carbonyl (C=O) groups excluding carboxylic acids is 1. The van der Waals surface area contributed by atoms with Gasteiger partial charge in [-0.25, -0.2) is 0 Å². The van der Waals surface area contributed by atoms with Crippen molar-refractivity contribution in [2.24, 2.45) is 0 Å². The number of phenols is 1. The lowest BCUT2D eigenvalue weighted by Crippen LogP contribution is -2.42. The number of anilines is 1. The first-order valence-corrected chi connectivity index (χ1v) is 5.84. The summed E-state index contributed by atoms with van der Waals surface area (Å²) >= 11 is 0. The van der Waals surface area contributed by atoms with Gasteiger partial charge in [-0.05, 0) is 39.0 Å². The van der Waals surface area contributed by atoms with Crippen molar-refractivity contribution in [2.75, 3.05) is 18.8 Å². The molecule has 100 valence electrons. The molecule has 0 aliphatic rings. The van der Waals surface area contributed by atoms with Gasteiger partial charge in [0.2, 0.25) is 0 Å². The Bertz CT molecular complexity index is 438. The van der Waals surface area contributed by atoms with Crippen LogP contribution in [0.15, 0.2) is 18.2 Å². The lowest BCUT2D eigenvalue weighted by molar-refractivity contribution is 0.0314. The molecule has 5 nitrogen and oxygen atoms in total. The molecule has 0 unspecified atom stereocenters. The van der Waals surface area contributed by atoms with Crippen LogP contribution >= 0.6 is 0 Å². The Morgan fingerprint density at radius 3 is 2.50 bits per heavy atom. The van der Waals surface area contributed by atoms with Gasteiger partial charge in [-0.2, -0.15) is 0 Å². The topological polar surface area (TPSA) is 86.8 Å². The van der Waals surface area contributed by atoms with Crippen LogP contribution in [0.4, 0.5) is 5.69 Å². The van der Waals surface area contributed by atoms with Crippen LogP contribution in [-0.2, 0) is 0 Å². The molecule has 0 bridgehead atoms. The maximum absolute atomic E-state index is 12.2. The first kappa shape index (κ1) is 14.3. The molecule has 0 aliphatic heterocycles. The van der Waals surface area contributed by atoms with Gasteiger partial charge in [0.05, 0.1) is 11.3 Å². The Morgan fingerprint density at radius 1 is 1.44 bits per heavy atom. The van der Waals surface area contributed by atoms with Crippen molar-refractivity contribution in [1.82, 2.24) is 4.90 Å². The van der Waals surface area contributed by atoms with Gasteiger partial charge in [-0.15, -0.1) is 0 Å². The molecule has 0 radical (unpaired) electrons. The minimum absolute atomic E-state index is 0.111. The van der Waals surface area contributed by atoms with Crippen molar-refractivity contribution in [3.63, 3.8) is 0 Å². The van der Waals surface area contributed by atoms with E-state index < -0.39 is 5.60 Å². The highest BCUT2D eigenvalue weighted by Crippen LogP contribution is 2.22. The summed E-state index contributed by atoms with van der Waals surface area (Å²) < 4.78 is 0. The van der Waals surface area contributed by atoms with Crippen molar-refractivity contribution >= 4 is 11.6 Å². The van der Waals surface area contributed by atoms with E-state index >= 15 is 0 Å². The van der Waals surface area contributed by atoms with Crippen molar-refractivity contribution in [3.8, 4) is 5.75 Å². The van der Waals surface area contributed by atoms with Crippen LogP contribution in [0.1, 0.15) is 31.1 Å². The molecule has 1 aromatic rings. The summed E-state index contributed by atoms with van der Waals surface area (Å²) in [7, 11) is 0. The van der Waals surface area contributed by atoms with E-state index in [9.17, 15) is 15.0 Å². The van der Waals surface area contributed by atoms with E-state index in [-0.39, 0.29) is 23.9 Å². The van der Waals surface area contributed by atoms with E-state index in [0.717, 1.165) is 0 Å². The van der Waals surface area contributed by atoms with Crippen LogP contribution < -0.4 is 5.73 Å². The number of nitrogens with two attached hydrogens (primary N) is 1. The zero-order valence-electron chi connectivity index (χ0n) is 11.0. The average Bonchev–Trinajstić information content (AvgIpc) is 2.27. The van der Waals surface area contributed by atoms with Crippen LogP contribution in [0, 0.1) is 0 Å². The maximum atomic E-state index is 12.2. The normalized spacial score (nSPS) is 11.3. The zero-order valence-corrected chi connectivity index (χ0v) is 11.0. The minimum Gasteiger partial charge on any atom is -0.506 e. The van der Waals surface area contributed by atoms with Gasteiger partial charge < -0.3 is 20.8 Å². The molecule has 5 heteroatoms.